The van der Waals surface area contributed by atoms with E-state index >= 15 is 0 Å². The highest BCUT2D eigenvalue weighted by Crippen LogP contribution is 2.23. The number of amides is 1. The summed E-state index contributed by atoms with van der Waals surface area (Å²) in [4.78, 5) is 40.4. The van der Waals surface area contributed by atoms with Gasteiger partial charge in [0.05, 0.1) is 27.3 Å². The number of nitrogens with one attached hydrogen (secondary N) is 1. The number of anilines is 1. The van der Waals surface area contributed by atoms with Gasteiger partial charge < -0.3 is 5.32 Å². The van der Waals surface area contributed by atoms with E-state index in [0.717, 1.165) is 18.4 Å². The van der Waals surface area contributed by atoms with Crippen molar-refractivity contribution in [3.05, 3.63) is 68.5 Å². The molecule has 1 amide bonds. The first kappa shape index (κ1) is 21.5. The fraction of sp³-hybridized carbons (Fsp3) is 0.286. The second-order valence-electron chi connectivity index (χ2n) is 6.82. The zero-order valence-corrected chi connectivity index (χ0v) is 17.6. The standard InChI is InChI=1S/C21H22N4O4S/c1-3-4-11-24-20(27)16-7-5-6-8-17(16)23-21(24)30-13-19(26)22-18-12-15(25(28)29)10-9-14(18)2/h5-10,12H,3-4,11,13H2,1-2H3,(H,22,26). The van der Waals surface area contributed by atoms with Gasteiger partial charge in [0.1, 0.15) is 0 Å². The second kappa shape index (κ2) is 9.53. The van der Waals surface area contributed by atoms with Gasteiger partial charge in [-0.1, -0.05) is 43.3 Å². The molecule has 0 spiro atoms. The van der Waals surface area contributed by atoms with Crippen LogP contribution in [0.15, 0.2) is 52.4 Å². The largest absolute Gasteiger partial charge is 0.325 e. The zero-order chi connectivity index (χ0) is 21.7. The molecule has 2 aromatic carbocycles. The number of benzene rings is 2. The predicted molar refractivity (Wildman–Crippen MR) is 118 cm³/mol. The number of rotatable bonds is 8. The molecular weight excluding hydrogens is 404 g/mol. The molecule has 3 aromatic rings. The Hall–Kier alpha value is -3.20. The molecular formula is C21H22N4O4S. The van der Waals surface area contributed by atoms with E-state index in [4.69, 9.17) is 0 Å². The highest BCUT2D eigenvalue weighted by Gasteiger charge is 2.15. The van der Waals surface area contributed by atoms with Gasteiger partial charge in [0.25, 0.3) is 11.2 Å². The Bertz CT molecular complexity index is 1160. The minimum atomic E-state index is -0.505. The maximum absolute atomic E-state index is 12.9. The van der Waals surface area contributed by atoms with Crippen LogP contribution in [-0.4, -0.2) is 26.1 Å². The van der Waals surface area contributed by atoms with Crippen molar-refractivity contribution in [2.75, 3.05) is 11.1 Å². The molecule has 0 atom stereocenters. The molecule has 1 heterocycles. The molecule has 0 unspecified atom stereocenters. The molecule has 1 N–H and O–H groups in total. The number of thioether (sulfide) groups is 1. The van der Waals surface area contributed by atoms with Crippen LogP contribution in [-0.2, 0) is 11.3 Å². The lowest BCUT2D eigenvalue weighted by molar-refractivity contribution is -0.384. The first-order valence-corrected chi connectivity index (χ1v) is 10.6. The van der Waals surface area contributed by atoms with Crippen LogP contribution in [0, 0.1) is 17.0 Å². The summed E-state index contributed by atoms with van der Waals surface area (Å²) in [6.45, 7) is 4.34. The van der Waals surface area contributed by atoms with Gasteiger partial charge in [0, 0.05) is 18.7 Å². The minimum absolute atomic E-state index is 0.0268. The van der Waals surface area contributed by atoms with Crippen molar-refractivity contribution in [1.29, 1.82) is 0 Å². The number of carbonyl (C=O) groups excluding carboxylic acids is 1. The number of hydrogen-bond acceptors (Lipinski definition) is 6. The molecule has 1 aromatic heterocycles. The van der Waals surface area contributed by atoms with Crippen molar-refractivity contribution in [2.24, 2.45) is 0 Å². The number of nitrogens with zero attached hydrogens (tertiary/aromatic N) is 3. The molecule has 9 heteroatoms. The number of hydrogen-bond donors (Lipinski definition) is 1. The number of para-hydroxylation sites is 1. The highest BCUT2D eigenvalue weighted by atomic mass is 32.2. The Morgan fingerprint density at radius 1 is 1.27 bits per heavy atom. The van der Waals surface area contributed by atoms with Gasteiger partial charge in [-0.15, -0.1) is 0 Å². The number of nitro groups is 1. The third-order valence-corrected chi connectivity index (χ3v) is 5.58. The lowest BCUT2D eigenvalue weighted by Gasteiger charge is -2.13. The molecule has 156 valence electrons. The van der Waals surface area contributed by atoms with Gasteiger partial charge in [0.15, 0.2) is 5.16 Å². The number of aryl methyl sites for hydroxylation is 1. The van der Waals surface area contributed by atoms with Gasteiger partial charge in [-0.3, -0.25) is 24.3 Å². The van der Waals surface area contributed by atoms with E-state index in [0.29, 0.717) is 28.3 Å². The summed E-state index contributed by atoms with van der Waals surface area (Å²) in [7, 11) is 0. The minimum Gasteiger partial charge on any atom is -0.325 e. The Balaban J connectivity index is 1.81. The molecule has 8 nitrogen and oxygen atoms in total. The normalized spacial score (nSPS) is 10.9. The van der Waals surface area contributed by atoms with Crippen molar-refractivity contribution in [1.82, 2.24) is 9.55 Å². The summed E-state index contributed by atoms with van der Waals surface area (Å²) in [6.07, 6.45) is 1.75. The lowest BCUT2D eigenvalue weighted by atomic mass is 10.2. The summed E-state index contributed by atoms with van der Waals surface area (Å²) < 4.78 is 1.61. The predicted octanol–water partition coefficient (Wildman–Crippen LogP) is 4.14. The van der Waals surface area contributed by atoms with E-state index < -0.39 is 4.92 Å². The van der Waals surface area contributed by atoms with Crippen LogP contribution in [0.2, 0.25) is 0 Å². The molecule has 3 rings (SSSR count). The monoisotopic (exact) mass is 426 g/mol. The topological polar surface area (TPSA) is 107 Å². The van der Waals surface area contributed by atoms with Gasteiger partial charge in [-0.2, -0.15) is 0 Å². The van der Waals surface area contributed by atoms with Gasteiger partial charge >= 0.3 is 0 Å². The number of non-ortho nitro benzene ring substituents is 1. The fourth-order valence-corrected chi connectivity index (χ4v) is 3.77. The summed E-state index contributed by atoms with van der Waals surface area (Å²) in [5.41, 5.74) is 1.50. The van der Waals surface area contributed by atoms with Crippen LogP contribution in [0.5, 0.6) is 0 Å². The molecule has 0 radical (unpaired) electrons. The van der Waals surface area contributed by atoms with Crippen molar-refractivity contribution in [2.45, 2.75) is 38.4 Å². The Morgan fingerprint density at radius 3 is 2.77 bits per heavy atom. The van der Waals surface area contributed by atoms with Gasteiger partial charge in [-0.25, -0.2) is 4.98 Å². The molecule has 30 heavy (non-hydrogen) atoms. The maximum atomic E-state index is 12.9. The molecule has 0 saturated heterocycles. The van der Waals surface area contributed by atoms with E-state index in [1.54, 1.807) is 35.8 Å². The van der Waals surface area contributed by atoms with Crippen LogP contribution >= 0.6 is 11.8 Å². The zero-order valence-electron chi connectivity index (χ0n) is 16.8. The van der Waals surface area contributed by atoms with Crippen LogP contribution in [0.25, 0.3) is 10.9 Å². The SMILES string of the molecule is CCCCn1c(SCC(=O)Nc2cc([N+](=O)[O-])ccc2C)nc2ccccc2c1=O. The van der Waals surface area contributed by atoms with Crippen LogP contribution < -0.4 is 10.9 Å². The van der Waals surface area contributed by atoms with Crippen LogP contribution in [0.4, 0.5) is 11.4 Å². The van der Waals surface area contributed by atoms with E-state index in [2.05, 4.69) is 10.3 Å². The molecule has 0 aliphatic heterocycles. The number of aromatic nitrogens is 2. The second-order valence-corrected chi connectivity index (χ2v) is 7.76. The Kier molecular flexibility index (Phi) is 6.83. The van der Waals surface area contributed by atoms with Gasteiger partial charge in [-0.05, 0) is 31.0 Å². The average Bonchev–Trinajstić information content (AvgIpc) is 2.73. The summed E-state index contributed by atoms with van der Waals surface area (Å²) in [5, 5.41) is 14.7. The number of carbonyl (C=O) groups is 1. The lowest BCUT2D eigenvalue weighted by Crippen LogP contribution is -2.24. The van der Waals surface area contributed by atoms with Crippen molar-refractivity contribution >= 4 is 39.9 Å². The molecule has 0 saturated carbocycles. The Labute approximate surface area is 177 Å². The van der Waals surface area contributed by atoms with Crippen LogP contribution in [0.3, 0.4) is 0 Å². The molecule has 0 aliphatic carbocycles. The maximum Gasteiger partial charge on any atom is 0.271 e. The first-order valence-electron chi connectivity index (χ1n) is 9.58. The molecule has 0 aliphatic rings. The molecule has 0 bridgehead atoms. The summed E-state index contributed by atoms with van der Waals surface area (Å²) >= 11 is 1.18. The quantitative estimate of drug-likeness (QED) is 0.251. The number of fused-ring (bicyclic) bond motifs is 1. The summed E-state index contributed by atoms with van der Waals surface area (Å²) in [5.74, 6) is -0.299. The van der Waals surface area contributed by atoms with Gasteiger partial charge in [0.2, 0.25) is 5.91 Å². The third-order valence-electron chi connectivity index (χ3n) is 4.60. The Morgan fingerprint density at radius 2 is 2.03 bits per heavy atom. The number of nitro benzene ring substituents is 1. The van der Waals surface area contributed by atoms with Crippen molar-refractivity contribution in [3.8, 4) is 0 Å². The smallest absolute Gasteiger partial charge is 0.271 e. The van der Waals surface area contributed by atoms with E-state index in [1.165, 1.54) is 23.9 Å². The third kappa shape index (κ3) is 4.85. The van der Waals surface area contributed by atoms with Crippen molar-refractivity contribution < 1.29 is 9.72 Å². The van der Waals surface area contributed by atoms with Crippen molar-refractivity contribution in [3.63, 3.8) is 0 Å². The van der Waals surface area contributed by atoms with Crippen LogP contribution in [0.1, 0.15) is 25.3 Å². The average molecular weight is 426 g/mol. The van der Waals surface area contributed by atoms with E-state index in [9.17, 15) is 19.7 Å². The fourth-order valence-electron chi connectivity index (χ4n) is 2.95. The first-order chi connectivity index (χ1) is 14.4. The summed E-state index contributed by atoms with van der Waals surface area (Å²) in [6, 6.07) is 11.5. The highest BCUT2D eigenvalue weighted by molar-refractivity contribution is 7.99. The number of unbranched alkanes of at least 4 members (excludes halogenated alkanes) is 1. The van der Waals surface area contributed by atoms with E-state index in [-0.39, 0.29) is 22.9 Å². The molecule has 0 fully saturated rings. The van der Waals surface area contributed by atoms with E-state index in [1.807, 2.05) is 13.0 Å².